The van der Waals surface area contributed by atoms with E-state index in [1.165, 1.54) is 38.3 Å². The molecule has 1 aromatic heterocycles. The normalized spacial score (nSPS) is 22.1. The first-order valence-corrected chi connectivity index (χ1v) is 11.4. The molecule has 1 aliphatic carbocycles. The number of hydrogen-bond donors (Lipinski definition) is 2. The van der Waals surface area contributed by atoms with E-state index in [4.69, 9.17) is 4.74 Å². The van der Waals surface area contributed by atoms with Crippen molar-refractivity contribution in [3.05, 3.63) is 36.0 Å². The van der Waals surface area contributed by atoms with E-state index in [-0.39, 0.29) is 11.2 Å². The Morgan fingerprint density at radius 3 is 2.67 bits per heavy atom. The molecule has 2 unspecified atom stereocenters. The van der Waals surface area contributed by atoms with Gasteiger partial charge >= 0.3 is 163 Å². The maximum atomic E-state index is 12.7. The number of aromatic nitrogens is 3. The molecular weight excluding hydrogens is 439 g/mol. The zero-order valence-corrected chi connectivity index (χ0v) is 17.5. The van der Waals surface area contributed by atoms with E-state index in [0.717, 1.165) is 0 Å². The van der Waals surface area contributed by atoms with Crippen LogP contribution in [0.5, 0.6) is 6.01 Å². The van der Waals surface area contributed by atoms with Crippen LogP contribution in [0.15, 0.2) is 24.3 Å². The Balaban J connectivity index is 2.10. The van der Waals surface area contributed by atoms with Crippen molar-refractivity contribution < 1.29 is 27.9 Å². The Hall–Kier alpha value is -2.26. The third-order valence-electron chi connectivity index (χ3n) is 3.85. The number of allylic oxidation sites excluding steroid dienone is 2. The van der Waals surface area contributed by atoms with E-state index in [1.807, 2.05) is 4.72 Å². The fourth-order valence-electron chi connectivity index (χ4n) is 2.37. The topological polar surface area (TPSA) is 148 Å². The average Bonchev–Trinajstić information content (AvgIpc) is 2.59. The molecule has 0 saturated carbocycles. The number of carboxylic acids is 1. The molecule has 12 heteroatoms. The Morgan fingerprint density at radius 1 is 1.33 bits per heavy atom. The summed E-state index contributed by atoms with van der Waals surface area (Å²) >= 11 is -1.15. The van der Waals surface area contributed by atoms with Crippen LogP contribution in [0.3, 0.4) is 0 Å². The maximum absolute atomic E-state index is 12.7. The van der Waals surface area contributed by atoms with E-state index in [2.05, 4.69) is 15.0 Å². The molecular formula is C15H18AsN4O6S. The first-order valence-electron chi connectivity index (χ1n) is 7.67. The number of nitrogens with one attached hydrogen (secondary N) is 1. The number of rotatable bonds is 7. The van der Waals surface area contributed by atoms with Crippen LogP contribution >= 0.6 is 0 Å². The Kier molecular flexibility index (Phi) is 6.37. The monoisotopic (exact) mass is 457 g/mol. The molecule has 27 heavy (non-hydrogen) atoms. The van der Waals surface area contributed by atoms with Crippen LogP contribution in [-0.4, -0.2) is 66.7 Å². The van der Waals surface area contributed by atoms with Crippen LogP contribution < -0.4 is 9.46 Å². The number of methoxy groups -OCH3 is 1. The van der Waals surface area contributed by atoms with Gasteiger partial charge in [0.25, 0.3) is 0 Å². The average molecular weight is 457 g/mol. The van der Waals surface area contributed by atoms with Crippen LogP contribution in [0, 0.1) is 12.8 Å². The summed E-state index contributed by atoms with van der Waals surface area (Å²) in [5, 5.41) is 9.47. The second kappa shape index (κ2) is 8.18. The predicted octanol–water partition coefficient (Wildman–Crippen LogP) is 0.0177. The van der Waals surface area contributed by atoms with Crippen LogP contribution in [0.25, 0.3) is 0 Å². The van der Waals surface area contributed by atoms with Crippen molar-refractivity contribution in [3.8, 4) is 6.01 Å². The van der Waals surface area contributed by atoms with Crippen molar-refractivity contribution in [1.82, 2.24) is 19.7 Å². The molecule has 0 aromatic carbocycles. The number of carboxylic acid groups (broad SMARTS) is 1. The number of hydrogen-bond acceptors (Lipinski definition) is 8. The molecule has 1 heterocycles. The zero-order chi connectivity index (χ0) is 20.2. The van der Waals surface area contributed by atoms with Crippen molar-refractivity contribution in [2.75, 3.05) is 7.11 Å². The minimum absolute atomic E-state index is 0.114. The first-order chi connectivity index (χ1) is 12.6. The molecule has 0 fully saturated rings. The van der Waals surface area contributed by atoms with Gasteiger partial charge in [0.05, 0.1) is 0 Å². The number of amides is 1. The second-order valence-corrected chi connectivity index (χ2v) is 10.0. The van der Waals surface area contributed by atoms with Gasteiger partial charge in [-0.05, 0) is 0 Å². The number of carbonyl (C=O) groups excluding carboxylic acids is 1. The van der Waals surface area contributed by atoms with Gasteiger partial charge in [-0.15, -0.1) is 0 Å². The number of ether oxygens (including phenoxy) is 1. The molecule has 2 rings (SSSR count). The van der Waals surface area contributed by atoms with Crippen molar-refractivity contribution >= 4 is 36.4 Å². The summed E-state index contributed by atoms with van der Waals surface area (Å²) in [6.45, 7) is 2.91. The Labute approximate surface area is 162 Å². The molecule has 145 valence electrons. The van der Waals surface area contributed by atoms with Gasteiger partial charge in [-0.1, -0.05) is 0 Å². The fraction of sp³-hybridized carbons (Fsp3) is 0.400. The van der Waals surface area contributed by atoms with Crippen molar-refractivity contribution in [2.45, 2.75) is 23.8 Å². The summed E-state index contributed by atoms with van der Waals surface area (Å²) in [6, 6.07) is 0.114. The quantitative estimate of drug-likeness (QED) is 0.541. The van der Waals surface area contributed by atoms with Gasteiger partial charge in [0.15, 0.2) is 0 Å². The van der Waals surface area contributed by atoms with Gasteiger partial charge in [0.1, 0.15) is 0 Å². The summed E-state index contributed by atoms with van der Waals surface area (Å²) in [5.74, 6) is -1.86. The molecule has 1 radical (unpaired) electrons. The van der Waals surface area contributed by atoms with E-state index in [0.29, 0.717) is 11.6 Å². The van der Waals surface area contributed by atoms with Crippen molar-refractivity contribution in [1.29, 1.82) is 0 Å². The fourth-order valence-corrected chi connectivity index (χ4v) is 5.72. The van der Waals surface area contributed by atoms with Gasteiger partial charge in [0.2, 0.25) is 0 Å². The van der Waals surface area contributed by atoms with Gasteiger partial charge in [-0.3, -0.25) is 0 Å². The van der Waals surface area contributed by atoms with E-state index in [9.17, 15) is 23.1 Å². The number of nitrogens with zero attached hydrogens (tertiary/aromatic N) is 3. The third-order valence-corrected chi connectivity index (χ3v) is 7.94. The summed E-state index contributed by atoms with van der Waals surface area (Å²) in [5.41, 5.74) is 0. The Bertz CT molecular complexity index is 917. The van der Waals surface area contributed by atoms with Gasteiger partial charge < -0.3 is 0 Å². The third kappa shape index (κ3) is 4.72. The van der Waals surface area contributed by atoms with Crippen LogP contribution in [-0.2, 0) is 20.0 Å². The molecule has 1 aliphatic rings. The number of carbonyl (C=O) groups is 2. The molecule has 0 saturated heterocycles. The molecule has 2 atom stereocenters. The van der Waals surface area contributed by atoms with Gasteiger partial charge in [0, 0.05) is 0 Å². The van der Waals surface area contributed by atoms with Gasteiger partial charge in [-0.2, -0.15) is 0 Å². The zero-order valence-electron chi connectivity index (χ0n) is 14.8. The molecule has 1 aromatic rings. The van der Waals surface area contributed by atoms with E-state index in [1.54, 1.807) is 6.92 Å². The molecule has 0 aliphatic heterocycles. The van der Waals surface area contributed by atoms with Crippen molar-refractivity contribution in [2.24, 2.45) is 5.92 Å². The standard InChI is InChI=1S/C15H18AsN4O6S/c1-9-17-11(19-14(18-9)26-3)8-16-13(23)20-27(24,25)15(2)7-5-4-6-10(15)12(21)22/h4-7,10H,8H2,1-3H3,(H,20,23)(H,21,22). The number of aryl methyl sites for hydroxylation is 1. The molecule has 2 N–H and O–H groups in total. The molecule has 1 amide bonds. The summed E-state index contributed by atoms with van der Waals surface area (Å²) in [4.78, 5) is 35.6. The van der Waals surface area contributed by atoms with E-state index < -0.39 is 47.1 Å². The van der Waals surface area contributed by atoms with Crippen LogP contribution in [0.2, 0.25) is 0 Å². The molecule has 0 bridgehead atoms. The summed E-state index contributed by atoms with van der Waals surface area (Å²) in [6.07, 6.45) is 5.44. The first kappa shape index (κ1) is 21.0. The number of sulfonamides is 1. The Morgan fingerprint density at radius 2 is 2.04 bits per heavy atom. The van der Waals surface area contributed by atoms with E-state index >= 15 is 0 Å². The van der Waals surface area contributed by atoms with Crippen LogP contribution in [0.4, 0.5) is 4.79 Å². The minimum atomic E-state index is -4.27. The summed E-state index contributed by atoms with van der Waals surface area (Å²) < 4.78 is 29.8. The number of aliphatic carboxylic acids is 1. The SMILES string of the molecule is COc1nc(C)nc(C[As]C(=O)NS(=O)(=O)C2(C)C=CC=CC2C(=O)O)n1. The van der Waals surface area contributed by atoms with Crippen molar-refractivity contribution in [3.63, 3.8) is 0 Å². The second-order valence-electron chi connectivity index (χ2n) is 5.76. The van der Waals surface area contributed by atoms with Gasteiger partial charge in [-0.25, -0.2) is 0 Å². The van der Waals surface area contributed by atoms with Crippen LogP contribution in [0.1, 0.15) is 18.6 Å². The molecule has 10 nitrogen and oxygen atoms in total. The summed E-state index contributed by atoms with van der Waals surface area (Å²) in [7, 11) is -2.87. The molecule has 0 spiro atoms. The predicted molar refractivity (Wildman–Crippen MR) is 95.8 cm³/mol.